The molecule has 0 heterocycles. The van der Waals surface area contributed by atoms with Gasteiger partial charge < -0.3 is 15.0 Å². The van der Waals surface area contributed by atoms with E-state index in [9.17, 15) is 14.0 Å². The highest BCUT2D eigenvalue weighted by Crippen LogP contribution is 2.25. The third-order valence-corrected chi connectivity index (χ3v) is 6.33. The first kappa shape index (κ1) is 26.6. The lowest BCUT2D eigenvalue weighted by Crippen LogP contribution is -2.44. The van der Waals surface area contributed by atoms with Gasteiger partial charge in [-0.05, 0) is 52.9 Å². The van der Waals surface area contributed by atoms with Gasteiger partial charge in [0, 0.05) is 13.1 Å². The second-order valence-corrected chi connectivity index (χ2v) is 9.01. The lowest BCUT2D eigenvalue weighted by atomic mass is 10.0. The molecule has 0 saturated heterocycles. The molecule has 1 N–H and O–H groups in total. The maximum absolute atomic E-state index is 13.7. The molecule has 5 nitrogen and oxygen atoms in total. The van der Waals surface area contributed by atoms with Crippen molar-refractivity contribution in [1.29, 1.82) is 0 Å². The summed E-state index contributed by atoms with van der Waals surface area (Å²) in [6, 6.07) is 31.6. The molecule has 0 saturated carbocycles. The summed E-state index contributed by atoms with van der Waals surface area (Å²) in [5.41, 5.74) is 3.36. The Balaban J connectivity index is 1.59. The van der Waals surface area contributed by atoms with Gasteiger partial charge in [-0.25, -0.2) is 4.39 Å². The zero-order valence-electron chi connectivity index (χ0n) is 21.3. The molecular formula is C32H31FN2O3. The molecular weight excluding hydrogens is 479 g/mol. The lowest BCUT2D eigenvalue weighted by Gasteiger charge is -2.32. The van der Waals surface area contributed by atoms with E-state index in [-0.39, 0.29) is 30.6 Å². The second-order valence-electron chi connectivity index (χ2n) is 9.01. The van der Waals surface area contributed by atoms with Gasteiger partial charge in [0.15, 0.2) is 0 Å². The summed E-state index contributed by atoms with van der Waals surface area (Å²) in [6.07, 6.45) is 0.775. The van der Waals surface area contributed by atoms with E-state index < -0.39 is 6.04 Å². The van der Waals surface area contributed by atoms with Crippen LogP contribution < -0.4 is 10.1 Å². The van der Waals surface area contributed by atoms with E-state index in [0.717, 1.165) is 22.4 Å². The van der Waals surface area contributed by atoms with Crippen molar-refractivity contribution in [2.45, 2.75) is 25.4 Å². The molecule has 0 unspecified atom stereocenters. The Morgan fingerprint density at radius 1 is 0.789 bits per heavy atom. The number of halogens is 1. The largest absolute Gasteiger partial charge is 0.497 e. The van der Waals surface area contributed by atoms with Gasteiger partial charge in [0.2, 0.25) is 11.8 Å². The van der Waals surface area contributed by atoms with Crippen molar-refractivity contribution in [3.8, 4) is 5.75 Å². The van der Waals surface area contributed by atoms with Crippen molar-refractivity contribution < 1.29 is 18.7 Å². The van der Waals surface area contributed by atoms with Gasteiger partial charge in [0.25, 0.3) is 0 Å². The zero-order valence-corrected chi connectivity index (χ0v) is 21.3. The Morgan fingerprint density at radius 3 is 2.03 bits per heavy atom. The number of nitrogens with one attached hydrogen (secondary N) is 1. The SMILES string of the molecule is COc1ccc(CCNC(=O)[C@@H](c2ccccc2)N(Cc2ccc(F)cc2)C(=O)Cc2ccccc2)cc1. The molecule has 4 aromatic carbocycles. The third kappa shape index (κ3) is 7.29. The second kappa shape index (κ2) is 13.2. The minimum Gasteiger partial charge on any atom is -0.497 e. The summed E-state index contributed by atoms with van der Waals surface area (Å²) in [7, 11) is 1.62. The molecule has 4 rings (SSSR count). The molecule has 4 aromatic rings. The monoisotopic (exact) mass is 510 g/mol. The van der Waals surface area contributed by atoms with E-state index in [1.54, 1.807) is 24.1 Å². The van der Waals surface area contributed by atoms with Crippen LogP contribution in [0.4, 0.5) is 4.39 Å². The van der Waals surface area contributed by atoms with Crippen LogP contribution in [0, 0.1) is 5.82 Å². The van der Waals surface area contributed by atoms with Crippen LogP contribution in [0.2, 0.25) is 0 Å². The van der Waals surface area contributed by atoms with Crippen molar-refractivity contribution >= 4 is 11.8 Å². The number of amides is 2. The number of carbonyl (C=O) groups excluding carboxylic acids is 2. The normalized spacial score (nSPS) is 11.4. The highest BCUT2D eigenvalue weighted by Gasteiger charge is 2.31. The maximum atomic E-state index is 13.7. The first-order valence-electron chi connectivity index (χ1n) is 12.6. The standard InChI is InChI=1S/C32H31FN2O3/c1-38-29-18-14-24(15-19-29)20-21-34-32(37)31(27-10-6-3-7-11-27)35(23-26-12-16-28(33)17-13-26)30(36)22-25-8-4-2-5-9-25/h2-19,31H,20-23H2,1H3,(H,34,37)/t31-/m1/s1. The van der Waals surface area contributed by atoms with Crippen molar-refractivity contribution in [3.05, 3.63) is 137 Å². The lowest BCUT2D eigenvalue weighted by molar-refractivity contribution is -0.141. The number of carbonyl (C=O) groups is 2. The average Bonchev–Trinajstić information content (AvgIpc) is 2.95. The van der Waals surface area contributed by atoms with Crippen LogP contribution in [0.15, 0.2) is 109 Å². The molecule has 6 heteroatoms. The first-order valence-corrected chi connectivity index (χ1v) is 12.6. The third-order valence-electron chi connectivity index (χ3n) is 6.33. The van der Waals surface area contributed by atoms with Gasteiger partial charge in [-0.3, -0.25) is 9.59 Å². The van der Waals surface area contributed by atoms with Crippen molar-refractivity contribution in [2.24, 2.45) is 0 Å². The molecule has 0 aromatic heterocycles. The van der Waals surface area contributed by atoms with Gasteiger partial charge >= 0.3 is 0 Å². The summed E-state index contributed by atoms with van der Waals surface area (Å²) in [5.74, 6) is -0.0463. The van der Waals surface area contributed by atoms with Crippen LogP contribution in [0.5, 0.6) is 5.75 Å². The van der Waals surface area contributed by atoms with E-state index in [4.69, 9.17) is 4.74 Å². The number of nitrogens with zero attached hydrogens (tertiary/aromatic N) is 1. The smallest absolute Gasteiger partial charge is 0.247 e. The average molecular weight is 511 g/mol. The van der Waals surface area contributed by atoms with E-state index in [0.29, 0.717) is 18.5 Å². The summed E-state index contributed by atoms with van der Waals surface area (Å²) < 4.78 is 18.8. The van der Waals surface area contributed by atoms with Crippen LogP contribution in [0.3, 0.4) is 0 Å². The van der Waals surface area contributed by atoms with Crippen molar-refractivity contribution in [3.63, 3.8) is 0 Å². The molecule has 1 atom stereocenters. The molecule has 0 bridgehead atoms. The summed E-state index contributed by atoms with van der Waals surface area (Å²) in [4.78, 5) is 29.0. The molecule has 0 aliphatic carbocycles. The minimum absolute atomic E-state index is 0.143. The highest BCUT2D eigenvalue weighted by atomic mass is 19.1. The van der Waals surface area contributed by atoms with E-state index >= 15 is 0 Å². The fourth-order valence-electron chi connectivity index (χ4n) is 4.31. The molecule has 0 spiro atoms. The fourth-order valence-corrected chi connectivity index (χ4v) is 4.31. The summed E-state index contributed by atoms with van der Waals surface area (Å²) in [5, 5.41) is 3.03. The minimum atomic E-state index is -0.853. The molecule has 194 valence electrons. The number of hydrogen-bond donors (Lipinski definition) is 1. The molecule has 0 radical (unpaired) electrons. The molecule has 0 aliphatic rings. The predicted molar refractivity (Wildman–Crippen MR) is 146 cm³/mol. The zero-order chi connectivity index (χ0) is 26.7. The summed E-state index contributed by atoms with van der Waals surface area (Å²) in [6.45, 7) is 0.573. The van der Waals surface area contributed by atoms with Crippen molar-refractivity contribution in [1.82, 2.24) is 10.2 Å². The topological polar surface area (TPSA) is 58.6 Å². The maximum Gasteiger partial charge on any atom is 0.247 e. The number of hydrogen-bond acceptors (Lipinski definition) is 3. The van der Waals surface area contributed by atoms with Crippen LogP contribution >= 0.6 is 0 Å². The Hall–Kier alpha value is -4.45. The van der Waals surface area contributed by atoms with Crippen LogP contribution in [0.25, 0.3) is 0 Å². The quantitative estimate of drug-likeness (QED) is 0.290. The van der Waals surface area contributed by atoms with E-state index in [1.807, 2.05) is 84.9 Å². The first-order chi connectivity index (χ1) is 18.5. The van der Waals surface area contributed by atoms with Crippen LogP contribution in [0.1, 0.15) is 28.3 Å². The van der Waals surface area contributed by atoms with Crippen molar-refractivity contribution in [2.75, 3.05) is 13.7 Å². The number of ether oxygens (including phenoxy) is 1. The fraction of sp³-hybridized carbons (Fsp3) is 0.188. The van der Waals surface area contributed by atoms with Crippen LogP contribution in [-0.4, -0.2) is 30.4 Å². The predicted octanol–water partition coefficient (Wildman–Crippen LogP) is 5.51. The number of rotatable bonds is 11. The highest BCUT2D eigenvalue weighted by molar-refractivity contribution is 5.89. The molecule has 0 fully saturated rings. The van der Waals surface area contributed by atoms with E-state index in [1.165, 1.54) is 12.1 Å². The molecule has 2 amide bonds. The Kier molecular flexibility index (Phi) is 9.24. The Morgan fingerprint density at radius 2 is 1.39 bits per heavy atom. The molecule has 38 heavy (non-hydrogen) atoms. The van der Waals surface area contributed by atoms with Gasteiger partial charge in [-0.15, -0.1) is 0 Å². The number of methoxy groups -OCH3 is 1. The van der Waals surface area contributed by atoms with Gasteiger partial charge in [-0.2, -0.15) is 0 Å². The van der Waals surface area contributed by atoms with E-state index in [2.05, 4.69) is 5.32 Å². The Labute approximate surface area is 222 Å². The Bertz CT molecular complexity index is 1310. The van der Waals surface area contributed by atoms with Gasteiger partial charge in [0.1, 0.15) is 17.6 Å². The van der Waals surface area contributed by atoms with Crippen LogP contribution in [-0.2, 0) is 29.0 Å². The summed E-state index contributed by atoms with van der Waals surface area (Å²) >= 11 is 0. The van der Waals surface area contributed by atoms with Gasteiger partial charge in [0.05, 0.1) is 13.5 Å². The number of benzene rings is 4. The molecule has 0 aliphatic heterocycles. The van der Waals surface area contributed by atoms with Gasteiger partial charge in [-0.1, -0.05) is 84.9 Å².